The summed E-state index contributed by atoms with van der Waals surface area (Å²) < 4.78 is 28.2. The maximum Gasteiger partial charge on any atom is 0.264 e. The van der Waals surface area contributed by atoms with Crippen LogP contribution in [-0.2, 0) is 14.8 Å². The molecule has 0 radical (unpaired) electrons. The largest absolute Gasteiger partial charge is 0.271 e. The van der Waals surface area contributed by atoms with Gasteiger partial charge in [-0.2, -0.15) is 5.10 Å². The molecule has 1 aliphatic rings. The summed E-state index contributed by atoms with van der Waals surface area (Å²) in [7, 11) is -3.94. The number of hydrogen-bond acceptors (Lipinski definition) is 4. The van der Waals surface area contributed by atoms with E-state index in [1.54, 1.807) is 36.4 Å². The summed E-state index contributed by atoms with van der Waals surface area (Å²) in [6.45, 7) is 12.5. The lowest BCUT2D eigenvalue weighted by molar-refractivity contribution is -0.119. The minimum atomic E-state index is -3.94. The summed E-state index contributed by atoms with van der Waals surface area (Å²) >= 11 is 0. The highest BCUT2D eigenvalue weighted by Crippen LogP contribution is 2.36. The molecule has 3 rings (SSSR count). The molecule has 0 heterocycles. The third-order valence-electron chi connectivity index (χ3n) is 6.87. The fourth-order valence-corrected chi connectivity index (χ4v) is 5.84. The lowest BCUT2D eigenvalue weighted by Gasteiger charge is -2.34. The molecular weight excluding hydrogens is 458 g/mol. The smallest absolute Gasteiger partial charge is 0.264 e. The van der Waals surface area contributed by atoms with Gasteiger partial charge in [0, 0.05) is 5.71 Å². The van der Waals surface area contributed by atoms with Crippen molar-refractivity contribution in [3.63, 3.8) is 0 Å². The Morgan fingerprint density at radius 3 is 2.11 bits per heavy atom. The predicted molar refractivity (Wildman–Crippen MR) is 143 cm³/mol. The Kier molecular flexibility index (Phi) is 8.42. The Morgan fingerprint density at radius 2 is 1.60 bits per heavy atom. The number of benzene rings is 2. The number of hydrogen-bond donors (Lipinski definition) is 1. The quantitative estimate of drug-likeness (QED) is 0.475. The van der Waals surface area contributed by atoms with Gasteiger partial charge in [0.2, 0.25) is 0 Å². The van der Waals surface area contributed by atoms with Crippen molar-refractivity contribution in [3.05, 3.63) is 59.7 Å². The molecule has 35 heavy (non-hydrogen) atoms. The fourth-order valence-electron chi connectivity index (χ4n) is 4.41. The van der Waals surface area contributed by atoms with Crippen LogP contribution >= 0.6 is 0 Å². The monoisotopic (exact) mass is 497 g/mol. The summed E-state index contributed by atoms with van der Waals surface area (Å²) in [6, 6.07) is 14.0. The molecule has 0 aromatic heterocycles. The van der Waals surface area contributed by atoms with E-state index in [-0.39, 0.29) is 16.9 Å². The SMILES string of the molecule is Cc1ccc(S(=O)(=O)N(CC(=O)NN=C2CCC(C(C)(C)C)CC2)c2ccc(C(C)C)cc2)cc1. The van der Waals surface area contributed by atoms with Gasteiger partial charge in [-0.3, -0.25) is 9.10 Å². The molecule has 0 saturated heterocycles. The zero-order valence-electron chi connectivity index (χ0n) is 21.8. The summed E-state index contributed by atoms with van der Waals surface area (Å²) in [5.74, 6) is 0.499. The Labute approximate surface area is 210 Å². The van der Waals surface area contributed by atoms with Gasteiger partial charge in [-0.15, -0.1) is 0 Å². The Balaban J connectivity index is 1.79. The van der Waals surface area contributed by atoms with Crippen molar-refractivity contribution in [1.29, 1.82) is 0 Å². The van der Waals surface area contributed by atoms with Gasteiger partial charge in [0.25, 0.3) is 15.9 Å². The first kappa shape index (κ1) is 26.9. The maximum atomic E-state index is 13.5. The first-order chi connectivity index (χ1) is 16.4. The Morgan fingerprint density at radius 1 is 1.03 bits per heavy atom. The van der Waals surface area contributed by atoms with Crippen molar-refractivity contribution < 1.29 is 13.2 Å². The van der Waals surface area contributed by atoms with E-state index >= 15 is 0 Å². The van der Waals surface area contributed by atoms with Crippen LogP contribution < -0.4 is 9.73 Å². The molecular formula is C28H39N3O3S. The number of nitrogens with one attached hydrogen (secondary N) is 1. The van der Waals surface area contributed by atoms with Crippen LogP contribution in [0, 0.1) is 18.3 Å². The van der Waals surface area contributed by atoms with Crippen molar-refractivity contribution in [2.75, 3.05) is 10.8 Å². The average molecular weight is 498 g/mol. The molecule has 0 bridgehead atoms. The Bertz CT molecular complexity index is 1140. The van der Waals surface area contributed by atoms with Gasteiger partial charge in [-0.05, 0) is 79.7 Å². The van der Waals surface area contributed by atoms with Crippen LogP contribution in [0.5, 0.6) is 0 Å². The van der Waals surface area contributed by atoms with E-state index in [9.17, 15) is 13.2 Å². The van der Waals surface area contributed by atoms with Gasteiger partial charge in [0.15, 0.2) is 0 Å². The van der Waals surface area contributed by atoms with Crippen molar-refractivity contribution in [3.8, 4) is 0 Å². The third-order valence-corrected chi connectivity index (χ3v) is 8.66. The normalized spacial score (nSPS) is 16.8. The van der Waals surface area contributed by atoms with Crippen molar-refractivity contribution in [1.82, 2.24) is 5.43 Å². The summed E-state index contributed by atoms with van der Waals surface area (Å²) in [5, 5.41) is 4.35. The molecule has 0 spiro atoms. The highest BCUT2D eigenvalue weighted by molar-refractivity contribution is 7.92. The summed E-state index contributed by atoms with van der Waals surface area (Å²) in [5.41, 5.74) is 6.36. The second-order valence-electron chi connectivity index (χ2n) is 10.9. The number of sulfonamides is 1. The first-order valence-electron chi connectivity index (χ1n) is 12.4. The number of rotatable bonds is 7. The molecule has 0 atom stereocenters. The standard InChI is InChI=1S/C28H39N3O3S/c1-20(2)22-9-15-25(16-10-22)31(35(33,34)26-17-7-21(3)8-18-26)19-27(32)30-29-24-13-11-23(12-14-24)28(4,5)6/h7-10,15-18,20,23H,11-14,19H2,1-6H3,(H,30,32). The van der Waals surface area contributed by atoms with E-state index in [4.69, 9.17) is 0 Å². The van der Waals surface area contributed by atoms with Crippen molar-refractivity contribution in [2.45, 2.75) is 78.0 Å². The van der Waals surface area contributed by atoms with Gasteiger partial charge in [0.05, 0.1) is 10.6 Å². The Hall–Kier alpha value is -2.67. The molecule has 2 aromatic carbocycles. The van der Waals surface area contributed by atoms with Crippen LogP contribution in [0.4, 0.5) is 5.69 Å². The lowest BCUT2D eigenvalue weighted by Crippen LogP contribution is -2.40. The zero-order chi connectivity index (χ0) is 25.8. The maximum absolute atomic E-state index is 13.5. The number of hydrazone groups is 1. The van der Waals surface area contributed by atoms with E-state index in [0.29, 0.717) is 17.5 Å². The zero-order valence-corrected chi connectivity index (χ0v) is 22.7. The topological polar surface area (TPSA) is 78.8 Å². The number of aryl methyl sites for hydroxylation is 1. The number of amides is 1. The van der Waals surface area contributed by atoms with E-state index in [1.165, 1.54) is 0 Å². The van der Waals surface area contributed by atoms with E-state index < -0.39 is 15.9 Å². The number of carbonyl (C=O) groups excluding carboxylic acids is 1. The van der Waals surface area contributed by atoms with E-state index in [1.807, 2.05) is 19.1 Å². The molecule has 7 heteroatoms. The van der Waals surface area contributed by atoms with Gasteiger partial charge < -0.3 is 0 Å². The third kappa shape index (κ3) is 6.94. The van der Waals surface area contributed by atoms with Gasteiger partial charge in [0.1, 0.15) is 6.54 Å². The second kappa shape index (κ2) is 10.9. The molecule has 6 nitrogen and oxygen atoms in total. The van der Waals surface area contributed by atoms with Crippen molar-refractivity contribution >= 4 is 27.3 Å². The molecule has 1 amide bonds. The fraction of sp³-hybridized carbons (Fsp3) is 0.500. The highest BCUT2D eigenvalue weighted by atomic mass is 32.2. The van der Waals surface area contributed by atoms with Crippen LogP contribution in [-0.4, -0.2) is 26.6 Å². The lowest BCUT2D eigenvalue weighted by atomic mass is 9.72. The minimum Gasteiger partial charge on any atom is -0.271 e. The number of carbonyl (C=O) groups is 1. The minimum absolute atomic E-state index is 0.149. The summed E-state index contributed by atoms with van der Waals surface area (Å²) in [6.07, 6.45) is 3.80. The van der Waals surface area contributed by atoms with Crippen LogP contribution in [0.1, 0.15) is 77.3 Å². The number of nitrogens with zero attached hydrogens (tertiary/aromatic N) is 2. The second-order valence-corrected chi connectivity index (χ2v) is 12.8. The molecule has 2 aromatic rings. The molecule has 1 fully saturated rings. The average Bonchev–Trinajstić information content (AvgIpc) is 2.81. The van der Waals surface area contributed by atoms with Gasteiger partial charge >= 0.3 is 0 Å². The van der Waals surface area contributed by atoms with Crippen LogP contribution in [0.25, 0.3) is 0 Å². The van der Waals surface area contributed by atoms with Gasteiger partial charge in [-0.1, -0.05) is 64.4 Å². The molecule has 0 unspecified atom stereocenters. The summed E-state index contributed by atoms with van der Waals surface area (Å²) in [4.78, 5) is 13.0. The van der Waals surface area contributed by atoms with Crippen LogP contribution in [0.2, 0.25) is 0 Å². The highest BCUT2D eigenvalue weighted by Gasteiger charge is 2.29. The molecule has 1 N–H and O–H groups in total. The van der Waals surface area contributed by atoms with E-state index in [0.717, 1.165) is 46.8 Å². The van der Waals surface area contributed by atoms with Crippen LogP contribution in [0.3, 0.4) is 0 Å². The van der Waals surface area contributed by atoms with Crippen molar-refractivity contribution in [2.24, 2.45) is 16.4 Å². The predicted octanol–water partition coefficient (Wildman–Crippen LogP) is 6.02. The first-order valence-corrected chi connectivity index (χ1v) is 13.9. The number of anilines is 1. The van der Waals surface area contributed by atoms with Crippen LogP contribution in [0.15, 0.2) is 58.5 Å². The van der Waals surface area contributed by atoms with E-state index in [2.05, 4.69) is 45.1 Å². The molecule has 1 saturated carbocycles. The van der Waals surface area contributed by atoms with Gasteiger partial charge in [-0.25, -0.2) is 13.8 Å². The molecule has 190 valence electrons. The molecule has 1 aliphatic carbocycles. The molecule has 0 aliphatic heterocycles.